The van der Waals surface area contributed by atoms with Gasteiger partial charge in [0, 0.05) is 12.2 Å². The number of hydrogen-bond acceptors (Lipinski definition) is 3. The molecule has 0 saturated heterocycles. The molecule has 0 aliphatic heterocycles. The van der Waals surface area contributed by atoms with Crippen LogP contribution in [0.3, 0.4) is 0 Å². The number of rotatable bonds is 6. The molecule has 0 unspecified atom stereocenters. The van der Waals surface area contributed by atoms with Crippen molar-refractivity contribution < 1.29 is 8.42 Å². The summed E-state index contributed by atoms with van der Waals surface area (Å²) in [5.74, 6) is 0. The maximum atomic E-state index is 11.6. The number of nitrogens with one attached hydrogen (secondary N) is 3. The lowest BCUT2D eigenvalue weighted by Crippen LogP contribution is -2.30. The number of sulfonamides is 1. The van der Waals surface area contributed by atoms with Crippen LogP contribution in [-0.4, -0.2) is 27.1 Å². The number of thiocarbonyl (C=S) groups is 1. The van der Waals surface area contributed by atoms with Crippen molar-refractivity contribution in [3.8, 4) is 0 Å². The van der Waals surface area contributed by atoms with Crippen molar-refractivity contribution in [2.24, 2.45) is 0 Å². The first-order chi connectivity index (χ1) is 11.0. The van der Waals surface area contributed by atoms with Crippen LogP contribution in [-0.2, 0) is 16.4 Å². The molecule has 0 amide bonds. The fraction of sp³-hybridized carbons (Fsp3) is 0.188. The van der Waals surface area contributed by atoms with Crippen LogP contribution in [0.1, 0.15) is 5.56 Å². The van der Waals surface area contributed by atoms with Gasteiger partial charge in [-0.05, 0) is 55.5 Å². The van der Waals surface area contributed by atoms with E-state index >= 15 is 0 Å². The van der Waals surface area contributed by atoms with E-state index in [-0.39, 0.29) is 4.90 Å². The Kier molecular flexibility index (Phi) is 6.09. The topological polar surface area (TPSA) is 70.2 Å². The standard InChI is InChI=1S/C16H19N3O2S2/c1-17-23(20,21)15-9-7-14(8-10-15)19-16(22)18-12-11-13-5-3-2-4-6-13/h2-10,17H,11-12H2,1H3,(H2,18,19,22). The molecule has 0 heterocycles. The summed E-state index contributed by atoms with van der Waals surface area (Å²) in [6.07, 6.45) is 0.877. The van der Waals surface area contributed by atoms with E-state index in [1.54, 1.807) is 12.1 Å². The van der Waals surface area contributed by atoms with Crippen molar-refractivity contribution >= 4 is 33.0 Å². The van der Waals surface area contributed by atoms with Crippen molar-refractivity contribution in [3.63, 3.8) is 0 Å². The molecule has 0 fully saturated rings. The summed E-state index contributed by atoms with van der Waals surface area (Å²) in [6.45, 7) is 0.724. The molecule has 2 aromatic rings. The Balaban J connectivity index is 1.83. The molecule has 0 radical (unpaired) electrons. The SMILES string of the molecule is CNS(=O)(=O)c1ccc(NC(=S)NCCc2ccccc2)cc1. The lowest BCUT2D eigenvalue weighted by Gasteiger charge is -2.11. The molecule has 0 spiro atoms. The van der Waals surface area contributed by atoms with Crippen LogP contribution in [0.15, 0.2) is 59.5 Å². The molecule has 0 saturated carbocycles. The van der Waals surface area contributed by atoms with E-state index in [2.05, 4.69) is 27.5 Å². The largest absolute Gasteiger partial charge is 0.362 e. The van der Waals surface area contributed by atoms with Gasteiger partial charge in [-0.2, -0.15) is 0 Å². The van der Waals surface area contributed by atoms with Gasteiger partial charge < -0.3 is 10.6 Å². The number of anilines is 1. The van der Waals surface area contributed by atoms with E-state index in [1.165, 1.54) is 24.7 Å². The molecular weight excluding hydrogens is 330 g/mol. The minimum atomic E-state index is -3.41. The fourth-order valence-electron chi connectivity index (χ4n) is 1.98. The van der Waals surface area contributed by atoms with Gasteiger partial charge in [-0.15, -0.1) is 0 Å². The third kappa shape index (κ3) is 5.31. The third-order valence-corrected chi connectivity index (χ3v) is 4.91. The average Bonchev–Trinajstić information content (AvgIpc) is 2.56. The molecule has 3 N–H and O–H groups in total. The van der Waals surface area contributed by atoms with Crippen molar-refractivity contribution in [1.82, 2.24) is 10.0 Å². The molecule has 122 valence electrons. The van der Waals surface area contributed by atoms with Crippen molar-refractivity contribution in [2.75, 3.05) is 18.9 Å². The lowest BCUT2D eigenvalue weighted by atomic mass is 10.1. The van der Waals surface area contributed by atoms with Crippen LogP contribution >= 0.6 is 12.2 Å². The predicted molar refractivity (Wildman–Crippen MR) is 97.1 cm³/mol. The first-order valence-electron chi connectivity index (χ1n) is 7.13. The Morgan fingerprint density at radius 2 is 1.70 bits per heavy atom. The second-order valence-electron chi connectivity index (χ2n) is 4.85. The van der Waals surface area contributed by atoms with Crippen LogP contribution in [0.25, 0.3) is 0 Å². The van der Waals surface area contributed by atoms with Crippen LogP contribution in [0.5, 0.6) is 0 Å². The second kappa shape index (κ2) is 8.05. The summed E-state index contributed by atoms with van der Waals surface area (Å²) in [5.41, 5.74) is 1.97. The highest BCUT2D eigenvalue weighted by Gasteiger charge is 2.10. The molecule has 0 aliphatic carbocycles. The Morgan fingerprint density at radius 1 is 1.04 bits per heavy atom. The highest BCUT2D eigenvalue weighted by Crippen LogP contribution is 2.13. The van der Waals surface area contributed by atoms with E-state index in [9.17, 15) is 8.42 Å². The Labute approximate surface area is 142 Å². The van der Waals surface area contributed by atoms with Gasteiger partial charge >= 0.3 is 0 Å². The normalized spacial score (nSPS) is 11.0. The summed E-state index contributed by atoms with van der Waals surface area (Å²) in [7, 11) is -2.03. The fourth-order valence-corrected chi connectivity index (χ4v) is 2.93. The first kappa shape index (κ1) is 17.4. The highest BCUT2D eigenvalue weighted by atomic mass is 32.2. The Hall–Kier alpha value is -1.96. The molecular formula is C16H19N3O2S2. The third-order valence-electron chi connectivity index (χ3n) is 3.23. The molecule has 0 atom stereocenters. The molecule has 23 heavy (non-hydrogen) atoms. The van der Waals surface area contributed by atoms with Crippen LogP contribution in [0, 0.1) is 0 Å². The van der Waals surface area contributed by atoms with Crippen LogP contribution in [0.2, 0.25) is 0 Å². The minimum absolute atomic E-state index is 0.216. The predicted octanol–water partition coefficient (Wildman–Crippen LogP) is 2.12. The maximum absolute atomic E-state index is 11.6. The molecule has 7 heteroatoms. The van der Waals surface area contributed by atoms with Crippen LogP contribution in [0.4, 0.5) is 5.69 Å². The average molecular weight is 349 g/mol. The van der Waals surface area contributed by atoms with Gasteiger partial charge in [0.15, 0.2) is 5.11 Å². The smallest absolute Gasteiger partial charge is 0.240 e. The monoisotopic (exact) mass is 349 g/mol. The number of benzene rings is 2. The molecule has 2 aromatic carbocycles. The van der Waals surface area contributed by atoms with Gasteiger partial charge in [-0.25, -0.2) is 13.1 Å². The summed E-state index contributed by atoms with van der Waals surface area (Å²) in [4.78, 5) is 0.216. The van der Waals surface area contributed by atoms with E-state index in [0.717, 1.165) is 18.7 Å². The molecule has 0 aliphatic rings. The summed E-state index contributed by atoms with van der Waals surface area (Å²) in [6, 6.07) is 16.5. The quantitative estimate of drug-likeness (QED) is 0.697. The van der Waals surface area contributed by atoms with Gasteiger partial charge in [0.05, 0.1) is 4.90 Å². The Morgan fingerprint density at radius 3 is 2.30 bits per heavy atom. The maximum Gasteiger partial charge on any atom is 0.240 e. The zero-order valence-electron chi connectivity index (χ0n) is 12.7. The zero-order chi connectivity index (χ0) is 16.7. The van der Waals surface area contributed by atoms with Gasteiger partial charge in [0.1, 0.15) is 0 Å². The van der Waals surface area contributed by atoms with Crippen molar-refractivity contribution in [3.05, 3.63) is 60.2 Å². The van der Waals surface area contributed by atoms with E-state index < -0.39 is 10.0 Å². The van der Waals surface area contributed by atoms with Crippen LogP contribution < -0.4 is 15.4 Å². The van der Waals surface area contributed by atoms with E-state index in [1.807, 2.05) is 18.2 Å². The minimum Gasteiger partial charge on any atom is -0.362 e. The van der Waals surface area contributed by atoms with E-state index in [0.29, 0.717) is 5.11 Å². The molecule has 5 nitrogen and oxygen atoms in total. The summed E-state index contributed by atoms with van der Waals surface area (Å²) >= 11 is 5.23. The van der Waals surface area contributed by atoms with Crippen molar-refractivity contribution in [1.29, 1.82) is 0 Å². The zero-order valence-corrected chi connectivity index (χ0v) is 14.4. The molecule has 0 aromatic heterocycles. The second-order valence-corrected chi connectivity index (χ2v) is 7.14. The van der Waals surface area contributed by atoms with Gasteiger partial charge in [0.25, 0.3) is 0 Å². The molecule has 0 bridgehead atoms. The summed E-state index contributed by atoms with van der Waals surface area (Å²) in [5, 5.41) is 6.66. The van der Waals surface area contributed by atoms with Gasteiger partial charge in [-0.3, -0.25) is 0 Å². The molecule has 2 rings (SSSR count). The Bertz CT molecular complexity index is 745. The first-order valence-corrected chi connectivity index (χ1v) is 9.03. The van der Waals surface area contributed by atoms with E-state index in [4.69, 9.17) is 12.2 Å². The lowest BCUT2D eigenvalue weighted by molar-refractivity contribution is 0.588. The van der Waals surface area contributed by atoms with Gasteiger partial charge in [-0.1, -0.05) is 30.3 Å². The van der Waals surface area contributed by atoms with Crippen molar-refractivity contribution in [2.45, 2.75) is 11.3 Å². The highest BCUT2D eigenvalue weighted by molar-refractivity contribution is 7.89. The summed E-state index contributed by atoms with van der Waals surface area (Å²) < 4.78 is 25.6. The number of hydrogen-bond donors (Lipinski definition) is 3. The van der Waals surface area contributed by atoms with Gasteiger partial charge in [0.2, 0.25) is 10.0 Å².